The second-order valence-electron chi connectivity index (χ2n) is 6.86. The molecule has 0 radical (unpaired) electrons. The highest BCUT2D eigenvalue weighted by Crippen LogP contribution is 2.26. The Morgan fingerprint density at radius 1 is 0.750 bits per heavy atom. The fraction of sp³-hybridized carbons (Fsp3) is 0.208. The first-order valence-corrected chi connectivity index (χ1v) is 9.79. The zero-order valence-electron chi connectivity index (χ0n) is 16.6. The molecule has 4 heteroatoms. The van der Waals surface area contributed by atoms with Gasteiger partial charge in [-0.15, -0.1) is 0 Å². The van der Waals surface area contributed by atoms with Crippen LogP contribution in [0.25, 0.3) is 0 Å². The molecule has 1 amide bonds. The molecule has 0 aliphatic rings. The van der Waals surface area contributed by atoms with E-state index >= 15 is 0 Å². The largest absolute Gasteiger partial charge is 0.354 e. The molecule has 144 valence electrons. The summed E-state index contributed by atoms with van der Waals surface area (Å²) in [5.41, 5.74) is 3.82. The quantitative estimate of drug-likeness (QED) is 0.517. The standard InChI is InChI=1S/C24H27N3O/c1-3-27(4-2,21-15-9-6-10-16-21)19-24(28)26-23-18-12-11-17-22(23)25-20-13-7-5-8-14-20/h5-18,25H,3-4,19H2,1-2H3/p+1. The fourth-order valence-corrected chi connectivity index (χ4v) is 3.49. The van der Waals surface area contributed by atoms with E-state index in [0.717, 1.165) is 30.2 Å². The van der Waals surface area contributed by atoms with E-state index in [2.05, 4.69) is 36.6 Å². The maximum absolute atomic E-state index is 13.0. The minimum Gasteiger partial charge on any atom is -0.354 e. The van der Waals surface area contributed by atoms with Crippen LogP contribution in [0.4, 0.5) is 22.7 Å². The Balaban J connectivity index is 1.77. The molecule has 0 atom stereocenters. The van der Waals surface area contributed by atoms with Gasteiger partial charge in [0, 0.05) is 5.69 Å². The van der Waals surface area contributed by atoms with Crippen molar-refractivity contribution in [3.8, 4) is 0 Å². The molecule has 3 rings (SSSR count). The van der Waals surface area contributed by atoms with Crippen molar-refractivity contribution >= 4 is 28.7 Å². The Hall–Kier alpha value is -3.11. The number of rotatable bonds is 8. The third kappa shape index (κ3) is 4.59. The van der Waals surface area contributed by atoms with Crippen LogP contribution >= 0.6 is 0 Å². The van der Waals surface area contributed by atoms with E-state index in [0.29, 0.717) is 11.0 Å². The maximum Gasteiger partial charge on any atom is 0.280 e. The van der Waals surface area contributed by atoms with E-state index in [1.807, 2.05) is 72.8 Å². The SMILES string of the molecule is CC[N+](CC)(CC(=O)Nc1ccccc1Nc1ccccc1)c1ccccc1. The van der Waals surface area contributed by atoms with Crippen LogP contribution in [0.2, 0.25) is 0 Å². The number of hydrogen-bond donors (Lipinski definition) is 2. The molecule has 3 aromatic rings. The number of amides is 1. The lowest BCUT2D eigenvalue weighted by atomic mass is 10.2. The molecule has 0 heterocycles. The van der Waals surface area contributed by atoms with Gasteiger partial charge >= 0.3 is 0 Å². The number of nitrogens with one attached hydrogen (secondary N) is 2. The van der Waals surface area contributed by atoms with Crippen molar-refractivity contribution in [3.63, 3.8) is 0 Å². The van der Waals surface area contributed by atoms with Crippen molar-refractivity contribution in [2.24, 2.45) is 0 Å². The van der Waals surface area contributed by atoms with Gasteiger partial charge in [-0.3, -0.25) is 9.28 Å². The number of para-hydroxylation sites is 4. The molecule has 28 heavy (non-hydrogen) atoms. The second-order valence-corrected chi connectivity index (χ2v) is 6.86. The van der Waals surface area contributed by atoms with Gasteiger partial charge < -0.3 is 10.6 Å². The van der Waals surface area contributed by atoms with Gasteiger partial charge in [0.25, 0.3) is 5.91 Å². The molecule has 0 aliphatic carbocycles. The first-order valence-electron chi connectivity index (χ1n) is 9.79. The van der Waals surface area contributed by atoms with Crippen LogP contribution in [-0.2, 0) is 4.79 Å². The molecular weight excluding hydrogens is 346 g/mol. The molecule has 0 bridgehead atoms. The Labute approximate surface area is 167 Å². The van der Waals surface area contributed by atoms with Gasteiger partial charge in [-0.25, -0.2) is 0 Å². The number of nitrogens with zero attached hydrogens (tertiary/aromatic N) is 1. The van der Waals surface area contributed by atoms with E-state index in [-0.39, 0.29) is 5.91 Å². The molecule has 2 N–H and O–H groups in total. The van der Waals surface area contributed by atoms with Gasteiger partial charge in [0.05, 0.1) is 24.5 Å². The zero-order valence-corrected chi connectivity index (χ0v) is 16.6. The lowest BCUT2D eigenvalue weighted by molar-refractivity contribution is -0.117. The third-order valence-electron chi connectivity index (χ3n) is 5.21. The van der Waals surface area contributed by atoms with Crippen molar-refractivity contribution in [2.75, 3.05) is 30.3 Å². The van der Waals surface area contributed by atoms with E-state index in [9.17, 15) is 4.79 Å². The molecule has 0 aromatic heterocycles. The molecule has 3 aromatic carbocycles. The van der Waals surface area contributed by atoms with E-state index < -0.39 is 0 Å². The van der Waals surface area contributed by atoms with Crippen LogP contribution < -0.4 is 15.1 Å². The summed E-state index contributed by atoms with van der Waals surface area (Å²) in [5, 5.41) is 6.49. The van der Waals surface area contributed by atoms with Crippen molar-refractivity contribution in [1.82, 2.24) is 4.48 Å². The van der Waals surface area contributed by atoms with E-state index in [4.69, 9.17) is 0 Å². The summed E-state index contributed by atoms with van der Waals surface area (Å²) < 4.78 is 0.626. The van der Waals surface area contributed by atoms with Crippen molar-refractivity contribution < 1.29 is 4.79 Å². The molecule has 0 saturated heterocycles. The lowest BCUT2D eigenvalue weighted by Gasteiger charge is -2.35. The normalized spacial score (nSPS) is 11.1. The summed E-state index contributed by atoms with van der Waals surface area (Å²) in [6.45, 7) is 6.38. The van der Waals surface area contributed by atoms with Crippen LogP contribution in [0.5, 0.6) is 0 Å². The van der Waals surface area contributed by atoms with Gasteiger partial charge in [0.2, 0.25) is 0 Å². The van der Waals surface area contributed by atoms with Gasteiger partial charge in [-0.05, 0) is 50.2 Å². The number of carbonyl (C=O) groups excluding carboxylic acids is 1. The number of quaternary nitrogens is 1. The van der Waals surface area contributed by atoms with Crippen molar-refractivity contribution in [1.29, 1.82) is 0 Å². The molecule has 0 spiro atoms. The Bertz CT molecular complexity index is 890. The highest BCUT2D eigenvalue weighted by Gasteiger charge is 2.29. The fourth-order valence-electron chi connectivity index (χ4n) is 3.49. The minimum atomic E-state index is 0.00913. The minimum absolute atomic E-state index is 0.00913. The Morgan fingerprint density at radius 2 is 1.29 bits per heavy atom. The molecule has 0 fully saturated rings. The molecule has 0 aliphatic heterocycles. The lowest BCUT2D eigenvalue weighted by Crippen LogP contribution is -2.53. The number of anilines is 3. The number of benzene rings is 3. The highest BCUT2D eigenvalue weighted by molar-refractivity contribution is 5.97. The van der Waals surface area contributed by atoms with E-state index in [1.54, 1.807) is 0 Å². The third-order valence-corrected chi connectivity index (χ3v) is 5.21. The Kier molecular flexibility index (Phi) is 6.45. The van der Waals surface area contributed by atoms with Crippen molar-refractivity contribution in [2.45, 2.75) is 13.8 Å². The van der Waals surface area contributed by atoms with Crippen LogP contribution in [0.3, 0.4) is 0 Å². The summed E-state index contributed by atoms with van der Waals surface area (Å²) in [6, 6.07) is 28.0. The average molecular weight is 375 g/mol. The topological polar surface area (TPSA) is 41.1 Å². The highest BCUT2D eigenvalue weighted by atomic mass is 16.2. The monoisotopic (exact) mass is 374 g/mol. The summed E-state index contributed by atoms with van der Waals surface area (Å²) in [4.78, 5) is 13.0. The average Bonchev–Trinajstić information content (AvgIpc) is 2.75. The number of carbonyl (C=O) groups is 1. The van der Waals surface area contributed by atoms with Gasteiger partial charge in [0.1, 0.15) is 5.69 Å². The molecular formula is C24H28N3O+. The molecule has 0 unspecified atom stereocenters. The van der Waals surface area contributed by atoms with Crippen LogP contribution in [-0.4, -0.2) is 25.5 Å². The van der Waals surface area contributed by atoms with E-state index in [1.165, 1.54) is 5.69 Å². The maximum atomic E-state index is 13.0. The zero-order chi connectivity index (χ0) is 19.8. The summed E-state index contributed by atoms with van der Waals surface area (Å²) in [5.74, 6) is 0.00913. The van der Waals surface area contributed by atoms with Crippen LogP contribution in [0, 0.1) is 0 Å². The molecule has 4 nitrogen and oxygen atoms in total. The Morgan fingerprint density at radius 3 is 1.89 bits per heavy atom. The van der Waals surface area contributed by atoms with Gasteiger partial charge in [-0.1, -0.05) is 48.5 Å². The predicted octanol–water partition coefficient (Wildman–Crippen LogP) is 5.42. The van der Waals surface area contributed by atoms with Crippen molar-refractivity contribution in [3.05, 3.63) is 84.9 Å². The summed E-state index contributed by atoms with van der Waals surface area (Å²) >= 11 is 0. The summed E-state index contributed by atoms with van der Waals surface area (Å²) in [6.07, 6.45) is 0. The first kappa shape index (κ1) is 19.6. The van der Waals surface area contributed by atoms with Gasteiger partial charge in [-0.2, -0.15) is 0 Å². The molecule has 0 saturated carbocycles. The second kappa shape index (κ2) is 9.20. The predicted molar refractivity (Wildman–Crippen MR) is 119 cm³/mol. The van der Waals surface area contributed by atoms with Crippen LogP contribution in [0.15, 0.2) is 84.9 Å². The summed E-state index contributed by atoms with van der Waals surface area (Å²) in [7, 11) is 0. The first-order chi connectivity index (χ1) is 13.7. The number of likely N-dealkylation sites (N-methyl/N-ethyl adjacent to an activating group) is 1. The van der Waals surface area contributed by atoms with Gasteiger partial charge in [0.15, 0.2) is 6.54 Å². The van der Waals surface area contributed by atoms with Crippen LogP contribution in [0.1, 0.15) is 13.8 Å². The smallest absolute Gasteiger partial charge is 0.280 e. The number of hydrogen-bond acceptors (Lipinski definition) is 2.